The van der Waals surface area contributed by atoms with Crippen molar-refractivity contribution in [2.75, 3.05) is 5.32 Å². The van der Waals surface area contributed by atoms with E-state index >= 15 is 0 Å². The van der Waals surface area contributed by atoms with Gasteiger partial charge in [-0.1, -0.05) is 47.7 Å². The molecule has 0 saturated carbocycles. The number of halogens is 1. The second kappa shape index (κ2) is 7.48. The molecule has 1 N–H and O–H groups in total. The Hall–Kier alpha value is -3.37. The van der Waals surface area contributed by atoms with Crippen molar-refractivity contribution in [3.8, 4) is 6.07 Å². The van der Waals surface area contributed by atoms with E-state index in [1.807, 2.05) is 48.5 Å². The summed E-state index contributed by atoms with van der Waals surface area (Å²) < 4.78 is 14.8. The maximum Gasteiger partial charge on any atom is 0.310 e. The quantitative estimate of drug-likeness (QED) is 0.515. The van der Waals surface area contributed by atoms with Gasteiger partial charge in [-0.25, -0.2) is 9.97 Å². The van der Waals surface area contributed by atoms with Gasteiger partial charge in [-0.15, -0.1) is 0 Å². The van der Waals surface area contributed by atoms with Gasteiger partial charge in [0.1, 0.15) is 5.82 Å². The van der Waals surface area contributed by atoms with Crippen LogP contribution in [0.25, 0.3) is 10.2 Å². The largest absolute Gasteiger partial charge is 0.316 e. The molecule has 0 spiro atoms. The summed E-state index contributed by atoms with van der Waals surface area (Å²) in [5, 5.41) is 12.5. The molecule has 0 radical (unpaired) electrons. The molecule has 132 valence electrons. The fourth-order valence-electron chi connectivity index (χ4n) is 2.76. The van der Waals surface area contributed by atoms with E-state index in [0.717, 1.165) is 21.3 Å². The molecular weight excluding hydrogens is 361 g/mol. The number of nitrogens with one attached hydrogen (secondary N) is 1. The summed E-state index contributed by atoms with van der Waals surface area (Å²) in [4.78, 5) is 12.2. The number of anilines is 2. The molecule has 4 rings (SSSR count). The van der Waals surface area contributed by atoms with E-state index in [9.17, 15) is 4.39 Å². The molecule has 0 aliphatic heterocycles. The van der Waals surface area contributed by atoms with E-state index in [4.69, 9.17) is 5.26 Å². The van der Waals surface area contributed by atoms with Crippen molar-refractivity contribution in [2.24, 2.45) is 0 Å². The summed E-state index contributed by atoms with van der Waals surface area (Å²) in [7, 11) is 0. The van der Waals surface area contributed by atoms with Crippen LogP contribution in [-0.2, 0) is 12.8 Å². The monoisotopic (exact) mass is 375 g/mol. The van der Waals surface area contributed by atoms with Crippen molar-refractivity contribution in [1.82, 2.24) is 15.0 Å². The molecule has 0 unspecified atom stereocenters. The predicted octanol–water partition coefficient (Wildman–Crippen LogP) is 4.63. The zero-order chi connectivity index (χ0) is 18.6. The average Bonchev–Trinajstić information content (AvgIpc) is 3.04. The Morgan fingerprint density at radius 3 is 2.67 bits per heavy atom. The van der Waals surface area contributed by atoms with Gasteiger partial charge in [0.15, 0.2) is 5.13 Å². The summed E-state index contributed by atoms with van der Waals surface area (Å²) in [6.07, 6.45) is 0.103. The number of hydrogen-bond donors (Lipinski definition) is 1. The average molecular weight is 375 g/mol. The minimum Gasteiger partial charge on any atom is -0.316 e. The number of rotatable bonds is 5. The molecule has 0 fully saturated rings. The molecule has 0 atom stereocenters. The van der Waals surface area contributed by atoms with Crippen LogP contribution in [0.1, 0.15) is 16.8 Å². The van der Waals surface area contributed by atoms with Crippen molar-refractivity contribution in [3.63, 3.8) is 0 Å². The molecule has 0 saturated heterocycles. The molecule has 2 aromatic carbocycles. The van der Waals surface area contributed by atoms with Crippen LogP contribution in [0.5, 0.6) is 0 Å². The third-order valence-electron chi connectivity index (χ3n) is 3.95. The van der Waals surface area contributed by atoms with E-state index in [1.165, 1.54) is 11.3 Å². The first kappa shape index (κ1) is 17.1. The van der Waals surface area contributed by atoms with Gasteiger partial charge >= 0.3 is 6.08 Å². The molecule has 4 aromatic rings. The highest BCUT2D eigenvalue weighted by Gasteiger charge is 2.09. The predicted molar refractivity (Wildman–Crippen MR) is 103 cm³/mol. The Balaban J connectivity index is 1.58. The van der Waals surface area contributed by atoms with Crippen LogP contribution < -0.4 is 5.32 Å². The third kappa shape index (κ3) is 4.07. The van der Waals surface area contributed by atoms with Gasteiger partial charge in [0.05, 0.1) is 28.4 Å². The lowest BCUT2D eigenvalue weighted by Crippen LogP contribution is -2.02. The Morgan fingerprint density at radius 2 is 1.85 bits per heavy atom. The number of fused-ring (bicyclic) bond motifs is 1. The molecule has 7 heteroatoms. The van der Waals surface area contributed by atoms with Gasteiger partial charge < -0.3 is 5.32 Å². The Morgan fingerprint density at radius 1 is 1.00 bits per heavy atom. The Bertz CT molecular complexity index is 1130. The molecule has 0 aliphatic carbocycles. The van der Waals surface area contributed by atoms with Gasteiger partial charge in [-0.2, -0.15) is 14.6 Å². The van der Waals surface area contributed by atoms with Crippen LogP contribution >= 0.6 is 11.3 Å². The summed E-state index contributed by atoms with van der Waals surface area (Å²) >= 11 is 1.43. The lowest BCUT2D eigenvalue weighted by Gasteiger charge is -2.05. The molecule has 27 heavy (non-hydrogen) atoms. The summed E-state index contributed by atoms with van der Waals surface area (Å²) in [5.74, 6) is 0.365. The lowest BCUT2D eigenvalue weighted by molar-refractivity contribution is 0.535. The first-order chi connectivity index (χ1) is 13.2. The van der Waals surface area contributed by atoms with Gasteiger partial charge in [0, 0.05) is 12.5 Å². The molecular formula is C20H14FN5S. The van der Waals surface area contributed by atoms with E-state index < -0.39 is 6.08 Å². The second-order valence-electron chi connectivity index (χ2n) is 5.96. The van der Waals surface area contributed by atoms with Crippen molar-refractivity contribution < 1.29 is 4.39 Å². The molecule has 0 bridgehead atoms. The highest BCUT2D eigenvalue weighted by atomic mass is 32.1. The van der Waals surface area contributed by atoms with E-state index in [0.29, 0.717) is 29.5 Å². The van der Waals surface area contributed by atoms with Crippen LogP contribution in [0.15, 0.2) is 54.6 Å². The van der Waals surface area contributed by atoms with Crippen molar-refractivity contribution in [3.05, 3.63) is 77.5 Å². The maximum absolute atomic E-state index is 13.9. The summed E-state index contributed by atoms with van der Waals surface area (Å²) in [5.41, 5.74) is 3.40. The van der Waals surface area contributed by atoms with E-state index in [1.54, 1.807) is 6.07 Å². The summed E-state index contributed by atoms with van der Waals surface area (Å²) in [6.45, 7) is 0. The van der Waals surface area contributed by atoms with Gasteiger partial charge in [-0.3, -0.25) is 0 Å². The van der Waals surface area contributed by atoms with Crippen molar-refractivity contribution in [1.29, 1.82) is 5.26 Å². The molecule has 5 nitrogen and oxygen atoms in total. The van der Waals surface area contributed by atoms with Crippen LogP contribution in [0, 0.1) is 17.4 Å². The highest BCUT2D eigenvalue weighted by molar-refractivity contribution is 7.22. The second-order valence-corrected chi connectivity index (χ2v) is 6.99. The van der Waals surface area contributed by atoms with E-state index in [-0.39, 0.29) is 0 Å². The number of nitriles is 1. The standard InChI is InChI=1S/C20H14FN5S/c21-19-23-15(10-13-4-2-1-3-5-13)12-18(25-19)26-20-24-16-7-6-14(8-9-22)11-17(16)27-20/h1-7,11-12H,8,10H2,(H,23,24,25,26). The van der Waals surface area contributed by atoms with Crippen molar-refractivity contribution >= 4 is 32.5 Å². The Labute approximate surface area is 159 Å². The van der Waals surface area contributed by atoms with Crippen LogP contribution in [-0.4, -0.2) is 15.0 Å². The third-order valence-corrected chi connectivity index (χ3v) is 4.88. The lowest BCUT2D eigenvalue weighted by atomic mass is 10.1. The minimum atomic E-state index is -0.775. The molecule has 0 amide bonds. The smallest absolute Gasteiger partial charge is 0.310 e. The SMILES string of the molecule is N#CCc1ccc2nc(Nc3cc(Cc4ccccc4)nc(F)n3)sc2c1. The van der Waals surface area contributed by atoms with Crippen LogP contribution in [0.2, 0.25) is 0 Å². The number of aromatic nitrogens is 3. The van der Waals surface area contributed by atoms with Gasteiger partial charge in [-0.05, 0) is 23.3 Å². The number of nitrogens with zero attached hydrogens (tertiary/aromatic N) is 4. The fraction of sp³-hybridized carbons (Fsp3) is 0.100. The van der Waals surface area contributed by atoms with Crippen molar-refractivity contribution in [2.45, 2.75) is 12.8 Å². The maximum atomic E-state index is 13.9. The molecule has 0 aliphatic rings. The first-order valence-corrected chi connectivity index (χ1v) is 9.12. The van der Waals surface area contributed by atoms with Crippen LogP contribution in [0.3, 0.4) is 0 Å². The first-order valence-electron chi connectivity index (χ1n) is 8.30. The minimum absolute atomic E-state index is 0.358. The summed E-state index contributed by atoms with van der Waals surface area (Å²) in [6, 6.07) is 19.3. The fourth-order valence-corrected chi connectivity index (χ4v) is 3.69. The number of thiazole rings is 1. The van der Waals surface area contributed by atoms with E-state index in [2.05, 4.69) is 26.3 Å². The normalized spacial score (nSPS) is 10.7. The zero-order valence-electron chi connectivity index (χ0n) is 14.2. The zero-order valence-corrected chi connectivity index (χ0v) is 15.0. The molecule has 2 aromatic heterocycles. The van der Waals surface area contributed by atoms with Gasteiger partial charge in [0.25, 0.3) is 0 Å². The van der Waals surface area contributed by atoms with Crippen LogP contribution in [0.4, 0.5) is 15.3 Å². The highest BCUT2D eigenvalue weighted by Crippen LogP contribution is 2.29. The number of hydrogen-bond acceptors (Lipinski definition) is 6. The Kier molecular flexibility index (Phi) is 4.73. The van der Waals surface area contributed by atoms with Gasteiger partial charge in [0.2, 0.25) is 0 Å². The topological polar surface area (TPSA) is 74.5 Å². The number of benzene rings is 2. The molecule has 2 heterocycles.